The highest BCUT2D eigenvalue weighted by Crippen LogP contribution is 2.30. The Kier molecular flexibility index (Phi) is 3.62. The molecule has 0 radical (unpaired) electrons. The van der Waals surface area contributed by atoms with Gasteiger partial charge in [0.1, 0.15) is 17.2 Å². The zero-order valence-electron chi connectivity index (χ0n) is 14.4. The third-order valence-electron chi connectivity index (χ3n) is 4.89. The Bertz CT molecular complexity index is 979. The maximum atomic E-state index is 14.1. The van der Waals surface area contributed by atoms with Gasteiger partial charge in [0.15, 0.2) is 0 Å². The van der Waals surface area contributed by atoms with Gasteiger partial charge in [0.2, 0.25) is 11.9 Å². The van der Waals surface area contributed by atoms with E-state index in [-0.39, 0.29) is 17.1 Å². The summed E-state index contributed by atoms with van der Waals surface area (Å²) < 4.78 is 15.9. The molecule has 1 atom stereocenters. The smallest absolute Gasteiger partial charge is 0.270 e. The van der Waals surface area contributed by atoms with E-state index >= 15 is 0 Å². The fourth-order valence-electron chi connectivity index (χ4n) is 3.33. The average Bonchev–Trinajstić information content (AvgIpc) is 3.09. The van der Waals surface area contributed by atoms with Gasteiger partial charge in [0.25, 0.3) is 5.91 Å². The third kappa shape index (κ3) is 2.18. The van der Waals surface area contributed by atoms with Gasteiger partial charge in [0, 0.05) is 17.6 Å². The number of fused-ring (bicyclic) bond motifs is 3. The largest absolute Gasteiger partial charge is 0.399 e. The van der Waals surface area contributed by atoms with E-state index < -0.39 is 23.8 Å². The number of urea groups is 1. The predicted octanol–water partition coefficient (Wildman–Crippen LogP) is 2.39. The van der Waals surface area contributed by atoms with Crippen molar-refractivity contribution in [3.05, 3.63) is 46.0 Å². The molecule has 1 aromatic heterocycles. The lowest BCUT2D eigenvalue weighted by Gasteiger charge is -2.33. The monoisotopic (exact) mass is 376 g/mol. The first kappa shape index (κ1) is 16.7. The molecule has 4 rings (SSSR count). The number of aliphatic imine (C=N–C) groups is 1. The van der Waals surface area contributed by atoms with Crippen molar-refractivity contribution in [1.82, 2.24) is 14.8 Å². The van der Waals surface area contributed by atoms with E-state index in [0.29, 0.717) is 11.8 Å². The van der Waals surface area contributed by atoms with E-state index in [2.05, 4.69) is 9.98 Å². The maximum absolute atomic E-state index is 14.1. The molecule has 0 aliphatic carbocycles. The molecule has 26 heavy (non-hydrogen) atoms. The molecule has 2 aromatic rings. The molecule has 2 aliphatic heterocycles. The zero-order valence-corrected chi connectivity index (χ0v) is 15.1. The number of imide groups is 1. The number of nitrogens with zero attached hydrogens (tertiary/aromatic N) is 4. The van der Waals surface area contributed by atoms with E-state index in [1.807, 2.05) is 13.8 Å². The van der Waals surface area contributed by atoms with Crippen LogP contribution in [0, 0.1) is 19.7 Å². The molecule has 3 amide bonds. The summed E-state index contributed by atoms with van der Waals surface area (Å²) >= 11 is 6.06. The first-order valence-corrected chi connectivity index (χ1v) is 8.40. The number of carbonyl (C=O) groups is 2. The van der Waals surface area contributed by atoms with Crippen molar-refractivity contribution < 1.29 is 18.5 Å². The molecule has 1 aromatic carbocycles. The second-order valence-corrected chi connectivity index (χ2v) is 6.77. The van der Waals surface area contributed by atoms with Crippen molar-refractivity contribution >= 4 is 35.3 Å². The number of amidine groups is 1. The molecule has 1 saturated heterocycles. The van der Waals surface area contributed by atoms with Crippen molar-refractivity contribution in [2.45, 2.75) is 26.4 Å². The van der Waals surface area contributed by atoms with Crippen molar-refractivity contribution in [2.24, 2.45) is 4.99 Å². The number of imidazole rings is 1. The number of amides is 3. The normalized spacial score (nSPS) is 19.0. The summed E-state index contributed by atoms with van der Waals surface area (Å²) in [7, 11) is 1.55. The number of hydrogen-bond donors (Lipinski definition) is 1. The Labute approximate surface area is 153 Å². The number of hydrogen-bond acceptors (Lipinski definition) is 3. The topological polar surface area (TPSA) is 72.7 Å². The molecular formula is C17H16ClFN5O2+. The Morgan fingerprint density at radius 1 is 1.35 bits per heavy atom. The number of H-pyrrole nitrogens is 1. The van der Waals surface area contributed by atoms with E-state index in [1.165, 1.54) is 23.1 Å². The minimum atomic E-state index is -0.761. The van der Waals surface area contributed by atoms with Gasteiger partial charge in [-0.2, -0.15) is 0 Å². The van der Waals surface area contributed by atoms with Crippen LogP contribution in [0.5, 0.6) is 0 Å². The van der Waals surface area contributed by atoms with Crippen LogP contribution in [0.4, 0.5) is 15.1 Å². The van der Waals surface area contributed by atoms with E-state index in [4.69, 9.17) is 11.6 Å². The van der Waals surface area contributed by atoms with Crippen LogP contribution < -0.4 is 4.57 Å². The number of nitrogens with one attached hydrogen (secondary N) is 1. The van der Waals surface area contributed by atoms with Gasteiger partial charge in [-0.1, -0.05) is 22.7 Å². The minimum Gasteiger partial charge on any atom is -0.270 e. The molecule has 0 saturated carbocycles. The number of benzene rings is 1. The standard InChI is InChI=1S/C17H15ClFN5O2/c1-8-9(2)24-13-14(21-16(24)20-8)22(3)17(26)23(15(13)25)7-10-11(18)5-4-6-12(10)19/h4-6,13H,7H2,1-3H3/p+1. The molecular weight excluding hydrogens is 361 g/mol. The van der Waals surface area contributed by atoms with Gasteiger partial charge in [-0.3, -0.25) is 14.6 Å². The molecule has 1 unspecified atom stereocenters. The molecule has 2 aliphatic rings. The van der Waals surface area contributed by atoms with Crippen LogP contribution in [0.1, 0.15) is 23.0 Å². The predicted molar refractivity (Wildman–Crippen MR) is 91.7 cm³/mol. The number of halogens is 2. The highest BCUT2D eigenvalue weighted by atomic mass is 35.5. The number of carbonyl (C=O) groups excluding carboxylic acids is 2. The molecule has 0 spiro atoms. The summed E-state index contributed by atoms with van der Waals surface area (Å²) in [6, 6.07) is 2.92. The number of likely N-dealkylation sites (N-methyl/N-ethyl adjacent to an activating group) is 1. The number of aromatic amines is 1. The molecule has 7 nitrogen and oxygen atoms in total. The first-order valence-electron chi connectivity index (χ1n) is 8.02. The lowest BCUT2D eigenvalue weighted by Crippen LogP contribution is -2.63. The second-order valence-electron chi connectivity index (χ2n) is 6.37. The summed E-state index contributed by atoms with van der Waals surface area (Å²) in [5.74, 6) is -0.158. The second kappa shape index (κ2) is 5.63. The van der Waals surface area contributed by atoms with Crippen LogP contribution in [-0.4, -0.2) is 39.6 Å². The van der Waals surface area contributed by atoms with Crippen molar-refractivity contribution in [3.63, 3.8) is 0 Å². The van der Waals surface area contributed by atoms with Crippen molar-refractivity contribution in [1.29, 1.82) is 0 Å². The summed E-state index contributed by atoms with van der Waals surface area (Å²) in [6.07, 6.45) is 0. The SMILES string of the molecule is Cc1[nH]c2[n+](c1C)C1C(=O)N(Cc3c(F)cccc3Cl)C(=O)N(C)C1=N2. The van der Waals surface area contributed by atoms with Crippen LogP contribution in [0.25, 0.3) is 0 Å². The van der Waals surface area contributed by atoms with Gasteiger partial charge in [-0.15, -0.1) is 0 Å². The van der Waals surface area contributed by atoms with Gasteiger partial charge in [-0.25, -0.2) is 18.7 Å². The lowest BCUT2D eigenvalue weighted by atomic mass is 10.1. The Hall–Kier alpha value is -2.74. The van der Waals surface area contributed by atoms with Crippen LogP contribution in [0.3, 0.4) is 0 Å². The quantitative estimate of drug-likeness (QED) is 0.817. The number of rotatable bonds is 2. The fraction of sp³-hybridized carbons (Fsp3) is 0.294. The van der Waals surface area contributed by atoms with Gasteiger partial charge >= 0.3 is 12.0 Å². The van der Waals surface area contributed by atoms with Crippen molar-refractivity contribution in [2.75, 3.05) is 7.05 Å². The van der Waals surface area contributed by atoms with Gasteiger partial charge < -0.3 is 0 Å². The summed E-state index contributed by atoms with van der Waals surface area (Å²) in [6.45, 7) is 3.51. The van der Waals surface area contributed by atoms with Crippen LogP contribution in [-0.2, 0) is 11.3 Å². The molecule has 1 fully saturated rings. The molecule has 0 bridgehead atoms. The van der Waals surface area contributed by atoms with Gasteiger partial charge in [-0.05, 0) is 26.0 Å². The fourth-order valence-corrected chi connectivity index (χ4v) is 3.55. The first-order chi connectivity index (χ1) is 12.3. The van der Waals surface area contributed by atoms with E-state index in [1.54, 1.807) is 11.6 Å². The van der Waals surface area contributed by atoms with Crippen LogP contribution >= 0.6 is 11.6 Å². The highest BCUT2D eigenvalue weighted by molar-refractivity contribution is 6.31. The maximum Gasteiger partial charge on any atom is 0.399 e. The minimum absolute atomic E-state index is 0.106. The van der Waals surface area contributed by atoms with E-state index in [9.17, 15) is 14.0 Å². The third-order valence-corrected chi connectivity index (χ3v) is 5.25. The van der Waals surface area contributed by atoms with E-state index in [0.717, 1.165) is 16.3 Å². The number of aromatic nitrogens is 2. The summed E-state index contributed by atoms with van der Waals surface area (Å²) in [5, 5.41) is 0.168. The molecule has 3 heterocycles. The van der Waals surface area contributed by atoms with Crippen molar-refractivity contribution in [3.8, 4) is 0 Å². The summed E-state index contributed by atoms with van der Waals surface area (Å²) in [4.78, 5) is 35.6. The highest BCUT2D eigenvalue weighted by Gasteiger charge is 2.53. The van der Waals surface area contributed by atoms with Gasteiger partial charge in [0.05, 0.1) is 6.54 Å². The Morgan fingerprint density at radius 3 is 2.77 bits per heavy atom. The summed E-state index contributed by atoms with van der Waals surface area (Å²) in [5.41, 5.74) is 1.84. The van der Waals surface area contributed by atoms with Crippen LogP contribution in [0.15, 0.2) is 23.2 Å². The number of aryl methyl sites for hydroxylation is 1. The zero-order chi connectivity index (χ0) is 18.7. The lowest BCUT2D eigenvalue weighted by molar-refractivity contribution is -0.682. The average molecular weight is 377 g/mol. The molecule has 9 heteroatoms. The molecule has 134 valence electrons. The Balaban J connectivity index is 1.77. The van der Waals surface area contributed by atoms with Crippen LogP contribution in [0.2, 0.25) is 5.02 Å². The molecule has 1 N–H and O–H groups in total. The Morgan fingerprint density at radius 2 is 2.08 bits per heavy atom.